The monoisotopic (exact) mass is 170 g/mol. The Labute approximate surface area is 74.2 Å². The van der Waals surface area contributed by atoms with Gasteiger partial charge in [0.1, 0.15) is 0 Å². The lowest BCUT2D eigenvalue weighted by atomic mass is 10.1. The molecule has 0 aromatic heterocycles. The van der Waals surface area contributed by atoms with Gasteiger partial charge in [0.2, 0.25) is 0 Å². The molecule has 0 saturated carbocycles. The summed E-state index contributed by atoms with van der Waals surface area (Å²) in [6.07, 6.45) is 7.43. The van der Waals surface area contributed by atoms with Crippen molar-refractivity contribution in [3.05, 3.63) is 0 Å². The lowest BCUT2D eigenvalue weighted by Crippen LogP contribution is -2.13. The van der Waals surface area contributed by atoms with Crippen molar-refractivity contribution in [1.82, 2.24) is 0 Å². The second-order valence-corrected chi connectivity index (χ2v) is 3.87. The summed E-state index contributed by atoms with van der Waals surface area (Å²) < 4.78 is 11.4. The summed E-state index contributed by atoms with van der Waals surface area (Å²) in [4.78, 5) is 0. The summed E-state index contributed by atoms with van der Waals surface area (Å²) in [5, 5.41) is 0. The molecule has 0 aromatic carbocycles. The highest BCUT2D eigenvalue weighted by Crippen LogP contribution is 2.32. The molecule has 0 amide bonds. The van der Waals surface area contributed by atoms with Crippen molar-refractivity contribution in [2.75, 3.05) is 6.61 Å². The maximum Gasteiger partial charge on any atom is 0.0863 e. The Morgan fingerprint density at radius 1 is 1.33 bits per heavy atom. The summed E-state index contributed by atoms with van der Waals surface area (Å²) >= 11 is 0. The Hall–Kier alpha value is -0.0800. The molecule has 70 valence electrons. The van der Waals surface area contributed by atoms with Crippen LogP contribution in [0.1, 0.15) is 39.0 Å². The standard InChI is InChI=1S/C10H18O2/c1-2-3-4-8-7-10-9(12-8)5-6-11-10/h8-10H,2-7H2,1H3/t8-,9-,10-/m1/s1. The maximum atomic E-state index is 5.86. The summed E-state index contributed by atoms with van der Waals surface area (Å²) in [6.45, 7) is 3.14. The van der Waals surface area contributed by atoms with E-state index in [2.05, 4.69) is 6.92 Å². The first-order valence-electron chi connectivity index (χ1n) is 5.17. The Balaban J connectivity index is 1.75. The molecular weight excluding hydrogens is 152 g/mol. The molecule has 0 N–H and O–H groups in total. The topological polar surface area (TPSA) is 18.5 Å². The number of hydrogen-bond acceptors (Lipinski definition) is 2. The van der Waals surface area contributed by atoms with E-state index in [1.165, 1.54) is 19.3 Å². The lowest BCUT2D eigenvalue weighted by molar-refractivity contribution is 0.0343. The van der Waals surface area contributed by atoms with Crippen LogP contribution in [0, 0.1) is 0 Å². The average Bonchev–Trinajstić information content (AvgIpc) is 2.58. The minimum Gasteiger partial charge on any atom is -0.375 e. The van der Waals surface area contributed by atoms with Gasteiger partial charge in [-0.3, -0.25) is 0 Å². The van der Waals surface area contributed by atoms with Gasteiger partial charge in [-0.15, -0.1) is 0 Å². The van der Waals surface area contributed by atoms with E-state index in [9.17, 15) is 0 Å². The quantitative estimate of drug-likeness (QED) is 0.646. The summed E-state index contributed by atoms with van der Waals surface area (Å²) in [7, 11) is 0. The molecule has 0 aromatic rings. The second kappa shape index (κ2) is 3.75. The fourth-order valence-corrected chi connectivity index (χ4v) is 2.18. The van der Waals surface area contributed by atoms with E-state index in [1.54, 1.807) is 0 Å². The lowest BCUT2D eigenvalue weighted by Gasteiger charge is -2.10. The van der Waals surface area contributed by atoms with E-state index < -0.39 is 0 Å². The van der Waals surface area contributed by atoms with E-state index in [0.29, 0.717) is 18.3 Å². The van der Waals surface area contributed by atoms with Gasteiger partial charge in [-0.25, -0.2) is 0 Å². The zero-order chi connectivity index (χ0) is 8.39. The largest absolute Gasteiger partial charge is 0.375 e. The van der Waals surface area contributed by atoms with Crippen LogP contribution in [0.25, 0.3) is 0 Å². The molecule has 0 aliphatic carbocycles. The number of unbranched alkanes of at least 4 members (excludes halogenated alkanes) is 1. The maximum absolute atomic E-state index is 5.86. The zero-order valence-corrected chi connectivity index (χ0v) is 7.79. The highest BCUT2D eigenvalue weighted by molar-refractivity contribution is 4.86. The summed E-state index contributed by atoms with van der Waals surface area (Å²) in [6, 6.07) is 0. The molecule has 2 nitrogen and oxygen atoms in total. The molecule has 0 unspecified atom stereocenters. The van der Waals surface area contributed by atoms with Crippen molar-refractivity contribution in [2.24, 2.45) is 0 Å². The molecule has 2 saturated heterocycles. The van der Waals surface area contributed by atoms with Crippen LogP contribution >= 0.6 is 0 Å². The Kier molecular flexibility index (Phi) is 2.66. The minimum absolute atomic E-state index is 0.437. The van der Waals surface area contributed by atoms with E-state index in [0.717, 1.165) is 19.4 Å². The van der Waals surface area contributed by atoms with Crippen molar-refractivity contribution in [3.8, 4) is 0 Å². The van der Waals surface area contributed by atoms with Crippen LogP contribution in [0.3, 0.4) is 0 Å². The number of fused-ring (bicyclic) bond motifs is 1. The molecule has 2 fully saturated rings. The third-order valence-electron chi connectivity index (χ3n) is 2.89. The van der Waals surface area contributed by atoms with Crippen molar-refractivity contribution in [1.29, 1.82) is 0 Å². The van der Waals surface area contributed by atoms with Crippen LogP contribution in [-0.4, -0.2) is 24.9 Å². The SMILES string of the molecule is CCCC[C@@H]1C[C@H]2OCC[C@H]2O1. The third kappa shape index (κ3) is 1.64. The first-order valence-corrected chi connectivity index (χ1v) is 5.17. The first-order chi connectivity index (χ1) is 5.90. The first kappa shape index (κ1) is 8.52. The third-order valence-corrected chi connectivity index (χ3v) is 2.89. The summed E-state index contributed by atoms with van der Waals surface area (Å²) in [5.41, 5.74) is 0. The van der Waals surface area contributed by atoms with Gasteiger partial charge in [-0.2, -0.15) is 0 Å². The van der Waals surface area contributed by atoms with Gasteiger partial charge in [0, 0.05) is 13.0 Å². The van der Waals surface area contributed by atoms with Gasteiger partial charge in [-0.05, 0) is 12.8 Å². The van der Waals surface area contributed by atoms with Crippen molar-refractivity contribution < 1.29 is 9.47 Å². The average molecular weight is 170 g/mol. The Morgan fingerprint density at radius 3 is 3.00 bits per heavy atom. The molecular formula is C10H18O2. The smallest absolute Gasteiger partial charge is 0.0863 e. The van der Waals surface area contributed by atoms with Gasteiger partial charge in [0.25, 0.3) is 0 Å². The normalized spacial score (nSPS) is 40.2. The Morgan fingerprint density at radius 2 is 2.25 bits per heavy atom. The van der Waals surface area contributed by atoms with E-state index in [1.807, 2.05) is 0 Å². The molecule has 2 heteroatoms. The summed E-state index contributed by atoms with van der Waals surface area (Å²) in [5.74, 6) is 0. The highest BCUT2D eigenvalue weighted by atomic mass is 16.6. The zero-order valence-electron chi connectivity index (χ0n) is 7.79. The number of rotatable bonds is 3. The molecule has 0 spiro atoms. The van der Waals surface area contributed by atoms with Crippen LogP contribution in [0.2, 0.25) is 0 Å². The van der Waals surface area contributed by atoms with Gasteiger partial charge < -0.3 is 9.47 Å². The van der Waals surface area contributed by atoms with Crippen LogP contribution in [-0.2, 0) is 9.47 Å². The van der Waals surface area contributed by atoms with Crippen LogP contribution in [0.15, 0.2) is 0 Å². The van der Waals surface area contributed by atoms with Crippen molar-refractivity contribution in [3.63, 3.8) is 0 Å². The van der Waals surface area contributed by atoms with Crippen LogP contribution < -0.4 is 0 Å². The second-order valence-electron chi connectivity index (χ2n) is 3.87. The molecule has 2 aliphatic heterocycles. The molecule has 12 heavy (non-hydrogen) atoms. The molecule has 2 rings (SSSR count). The molecule has 0 radical (unpaired) electrons. The highest BCUT2D eigenvalue weighted by Gasteiger charge is 2.38. The van der Waals surface area contributed by atoms with Crippen molar-refractivity contribution in [2.45, 2.75) is 57.3 Å². The van der Waals surface area contributed by atoms with Crippen LogP contribution in [0.5, 0.6) is 0 Å². The Bertz CT molecular complexity index is 135. The van der Waals surface area contributed by atoms with Gasteiger partial charge in [-0.1, -0.05) is 19.8 Å². The van der Waals surface area contributed by atoms with Crippen LogP contribution in [0.4, 0.5) is 0 Å². The van der Waals surface area contributed by atoms with Gasteiger partial charge in [0.15, 0.2) is 0 Å². The molecule has 2 aliphatic rings. The fraction of sp³-hybridized carbons (Fsp3) is 1.00. The molecule has 3 atom stereocenters. The van der Waals surface area contributed by atoms with E-state index in [-0.39, 0.29) is 0 Å². The van der Waals surface area contributed by atoms with E-state index in [4.69, 9.17) is 9.47 Å². The number of ether oxygens (including phenoxy) is 2. The number of hydrogen-bond donors (Lipinski definition) is 0. The van der Waals surface area contributed by atoms with Gasteiger partial charge in [0.05, 0.1) is 18.3 Å². The molecule has 2 heterocycles. The predicted molar refractivity (Wildman–Crippen MR) is 47.2 cm³/mol. The molecule has 0 bridgehead atoms. The minimum atomic E-state index is 0.437. The fourth-order valence-electron chi connectivity index (χ4n) is 2.18. The van der Waals surface area contributed by atoms with E-state index >= 15 is 0 Å². The van der Waals surface area contributed by atoms with Crippen molar-refractivity contribution >= 4 is 0 Å². The predicted octanol–water partition coefficient (Wildman–Crippen LogP) is 2.12. The van der Waals surface area contributed by atoms with Gasteiger partial charge >= 0.3 is 0 Å².